The van der Waals surface area contributed by atoms with Crippen LogP contribution in [0.3, 0.4) is 0 Å². The minimum absolute atomic E-state index is 0.0975. The molecule has 0 spiro atoms. The molecule has 31 heavy (non-hydrogen) atoms. The summed E-state index contributed by atoms with van der Waals surface area (Å²) >= 11 is 0. The van der Waals surface area contributed by atoms with Gasteiger partial charge >= 0.3 is 0 Å². The van der Waals surface area contributed by atoms with Crippen LogP contribution < -0.4 is 10.1 Å². The lowest BCUT2D eigenvalue weighted by molar-refractivity contribution is -0.385. The van der Waals surface area contributed by atoms with Crippen molar-refractivity contribution in [1.29, 1.82) is 0 Å². The van der Waals surface area contributed by atoms with Crippen molar-refractivity contribution in [3.05, 3.63) is 88.4 Å². The molecule has 0 fully saturated rings. The minimum Gasteiger partial charge on any atom is -0.497 e. The molecule has 0 saturated heterocycles. The van der Waals surface area contributed by atoms with E-state index in [1.54, 1.807) is 49.6 Å². The van der Waals surface area contributed by atoms with Crippen LogP contribution in [0.4, 0.5) is 11.6 Å². The van der Waals surface area contributed by atoms with Crippen molar-refractivity contribution in [3.63, 3.8) is 0 Å². The molecule has 0 unspecified atom stereocenters. The first-order valence-corrected chi connectivity index (χ1v) is 9.22. The molecule has 0 aliphatic carbocycles. The van der Waals surface area contributed by atoms with Gasteiger partial charge in [-0.1, -0.05) is 12.1 Å². The van der Waals surface area contributed by atoms with Gasteiger partial charge in [0.25, 0.3) is 11.6 Å². The van der Waals surface area contributed by atoms with Crippen LogP contribution in [0.2, 0.25) is 0 Å². The van der Waals surface area contributed by atoms with Crippen molar-refractivity contribution in [2.24, 2.45) is 0 Å². The van der Waals surface area contributed by atoms with Crippen LogP contribution in [0.5, 0.6) is 5.75 Å². The smallest absolute Gasteiger partial charge is 0.288 e. The third kappa shape index (κ3) is 4.13. The number of nitro benzene ring substituents is 1. The van der Waals surface area contributed by atoms with E-state index in [0.717, 1.165) is 4.68 Å². The van der Waals surface area contributed by atoms with E-state index in [0.29, 0.717) is 17.1 Å². The largest absolute Gasteiger partial charge is 0.497 e. The highest BCUT2D eigenvalue weighted by atomic mass is 16.6. The van der Waals surface area contributed by atoms with E-state index >= 15 is 0 Å². The number of carbonyl (C=O) groups is 1. The molecule has 0 atom stereocenters. The number of rotatable bonds is 7. The summed E-state index contributed by atoms with van der Waals surface area (Å²) in [6, 6.07) is 16.2. The van der Waals surface area contributed by atoms with Gasteiger partial charge in [-0.3, -0.25) is 14.9 Å². The molecule has 0 bridgehead atoms. The Labute approximate surface area is 176 Å². The zero-order valence-corrected chi connectivity index (χ0v) is 16.4. The molecule has 0 amide bonds. The van der Waals surface area contributed by atoms with Crippen LogP contribution in [0.15, 0.2) is 71.3 Å². The van der Waals surface area contributed by atoms with Gasteiger partial charge in [0.1, 0.15) is 17.1 Å². The Bertz CT molecular complexity index is 1220. The van der Waals surface area contributed by atoms with E-state index in [9.17, 15) is 14.9 Å². The number of furan rings is 1. The Morgan fingerprint density at radius 3 is 2.61 bits per heavy atom. The maximum absolute atomic E-state index is 13.2. The average molecular weight is 419 g/mol. The van der Waals surface area contributed by atoms with Gasteiger partial charge in [0.05, 0.1) is 24.8 Å². The molecular formula is C21H17N5O5. The molecule has 10 nitrogen and oxygen atoms in total. The lowest BCUT2D eigenvalue weighted by atomic mass is 10.1. The second-order valence-corrected chi connectivity index (χ2v) is 6.41. The third-order valence-corrected chi connectivity index (χ3v) is 4.48. The van der Waals surface area contributed by atoms with E-state index < -0.39 is 10.8 Å². The molecular weight excluding hydrogens is 402 g/mol. The number of benzene rings is 2. The number of carbonyl (C=O) groups excluding carboxylic acids is 1. The molecule has 4 rings (SSSR count). The number of hydrogen-bond acceptors (Lipinski definition) is 8. The number of hydrogen-bond donors (Lipinski definition) is 1. The topological polar surface area (TPSA) is 125 Å². The number of ether oxygens (including phenoxy) is 1. The Hall–Kier alpha value is -4.47. The van der Waals surface area contributed by atoms with E-state index in [-0.39, 0.29) is 29.6 Å². The zero-order valence-electron chi connectivity index (χ0n) is 16.4. The second-order valence-electron chi connectivity index (χ2n) is 6.41. The van der Waals surface area contributed by atoms with Gasteiger partial charge in [-0.2, -0.15) is 9.67 Å². The molecule has 2 aromatic carbocycles. The fourth-order valence-electron chi connectivity index (χ4n) is 2.94. The maximum atomic E-state index is 13.2. The maximum Gasteiger partial charge on any atom is 0.288 e. The predicted octanol–water partition coefficient (Wildman–Crippen LogP) is 3.76. The number of aromatic nitrogens is 3. The normalized spacial score (nSPS) is 10.6. The van der Waals surface area contributed by atoms with Gasteiger partial charge in [0, 0.05) is 11.6 Å². The highest BCUT2D eigenvalue weighted by Gasteiger charge is 2.25. The summed E-state index contributed by atoms with van der Waals surface area (Å²) in [5.41, 5.74) is 0.238. The van der Waals surface area contributed by atoms with Crippen molar-refractivity contribution in [3.8, 4) is 17.1 Å². The van der Waals surface area contributed by atoms with E-state index in [1.807, 2.05) is 0 Å². The SMILES string of the molecule is COc1ccc(-c2nc(NCc3ccco3)n(C(=O)c3ccccc3[N+](=O)[O-])n2)cc1. The number of nitrogens with one attached hydrogen (secondary N) is 1. The molecule has 156 valence electrons. The molecule has 4 aromatic rings. The van der Waals surface area contributed by atoms with Crippen LogP contribution in [0, 0.1) is 10.1 Å². The summed E-state index contributed by atoms with van der Waals surface area (Å²) in [7, 11) is 1.56. The summed E-state index contributed by atoms with van der Waals surface area (Å²) in [5.74, 6) is 1.01. The fraction of sp³-hybridized carbons (Fsp3) is 0.0952. The van der Waals surface area contributed by atoms with Crippen LogP contribution >= 0.6 is 0 Å². The highest BCUT2D eigenvalue weighted by Crippen LogP contribution is 2.24. The van der Waals surface area contributed by atoms with Gasteiger partial charge in [0.2, 0.25) is 5.95 Å². The van der Waals surface area contributed by atoms with E-state index in [1.165, 1.54) is 24.5 Å². The molecule has 1 N–H and O–H groups in total. The summed E-state index contributed by atoms with van der Waals surface area (Å²) in [4.78, 5) is 28.4. The Morgan fingerprint density at radius 2 is 1.94 bits per heavy atom. The Morgan fingerprint density at radius 1 is 1.16 bits per heavy atom. The zero-order chi connectivity index (χ0) is 21.8. The average Bonchev–Trinajstić information content (AvgIpc) is 3.47. The quantitative estimate of drug-likeness (QED) is 0.355. The van der Waals surface area contributed by atoms with E-state index in [2.05, 4.69) is 15.4 Å². The van der Waals surface area contributed by atoms with Gasteiger partial charge in [-0.05, 0) is 42.5 Å². The molecule has 0 aliphatic heterocycles. The predicted molar refractivity (Wildman–Crippen MR) is 111 cm³/mol. The first kappa shape index (κ1) is 19.8. The summed E-state index contributed by atoms with van der Waals surface area (Å²) in [5, 5.41) is 18.7. The first-order valence-electron chi connectivity index (χ1n) is 9.22. The Kier molecular flexibility index (Phi) is 5.43. The number of methoxy groups -OCH3 is 1. The highest BCUT2D eigenvalue weighted by molar-refractivity contribution is 6.00. The van der Waals surface area contributed by atoms with Crippen LogP contribution in [0.1, 0.15) is 16.1 Å². The summed E-state index contributed by atoms with van der Waals surface area (Å²) in [6.07, 6.45) is 1.53. The van der Waals surface area contributed by atoms with Crippen LogP contribution in [0.25, 0.3) is 11.4 Å². The third-order valence-electron chi connectivity index (χ3n) is 4.48. The lowest BCUT2D eigenvalue weighted by Gasteiger charge is -2.06. The van der Waals surface area contributed by atoms with Crippen LogP contribution in [-0.4, -0.2) is 32.7 Å². The lowest BCUT2D eigenvalue weighted by Crippen LogP contribution is -2.18. The first-order chi connectivity index (χ1) is 15.1. The fourth-order valence-corrected chi connectivity index (χ4v) is 2.94. The molecule has 2 heterocycles. The number of nitrogens with zero attached hydrogens (tertiary/aromatic N) is 4. The molecule has 0 aliphatic rings. The molecule has 0 saturated carbocycles. The molecule has 10 heteroatoms. The van der Waals surface area contributed by atoms with Gasteiger partial charge in [-0.25, -0.2) is 0 Å². The Balaban J connectivity index is 1.74. The number of para-hydroxylation sites is 1. The van der Waals surface area contributed by atoms with Crippen LogP contribution in [-0.2, 0) is 6.54 Å². The van der Waals surface area contributed by atoms with Crippen molar-refractivity contribution >= 4 is 17.5 Å². The number of nitro groups is 1. The van der Waals surface area contributed by atoms with Crippen molar-refractivity contribution in [1.82, 2.24) is 14.8 Å². The standard InChI is InChI=1S/C21H17N5O5/c1-30-15-10-8-14(9-11-15)19-23-21(22-13-16-5-4-12-31-16)25(24-19)20(27)17-6-2-3-7-18(17)26(28)29/h2-12H,13H2,1H3,(H,22,23,24). The van der Waals surface area contributed by atoms with Gasteiger partial charge in [0.15, 0.2) is 5.82 Å². The van der Waals surface area contributed by atoms with Gasteiger partial charge < -0.3 is 14.5 Å². The molecule has 0 radical (unpaired) electrons. The molecule has 2 aromatic heterocycles. The second kappa shape index (κ2) is 8.49. The van der Waals surface area contributed by atoms with Crippen molar-refractivity contribution in [2.75, 3.05) is 12.4 Å². The van der Waals surface area contributed by atoms with Crippen molar-refractivity contribution < 1.29 is 18.9 Å². The van der Waals surface area contributed by atoms with Crippen molar-refractivity contribution in [2.45, 2.75) is 6.54 Å². The van der Waals surface area contributed by atoms with Gasteiger partial charge in [-0.15, -0.1) is 5.10 Å². The summed E-state index contributed by atoms with van der Waals surface area (Å²) in [6.45, 7) is 0.248. The minimum atomic E-state index is -0.679. The summed E-state index contributed by atoms with van der Waals surface area (Å²) < 4.78 is 11.5. The monoisotopic (exact) mass is 419 g/mol. The van der Waals surface area contributed by atoms with E-state index in [4.69, 9.17) is 9.15 Å². The number of anilines is 1.